The van der Waals surface area contributed by atoms with Gasteiger partial charge in [-0.15, -0.1) is 0 Å². The Kier molecular flexibility index (Phi) is 7.47. The number of fused-ring (bicyclic) bond motifs is 1. The van der Waals surface area contributed by atoms with Gasteiger partial charge in [-0.2, -0.15) is 0 Å². The molecule has 2 fully saturated rings. The maximum absolute atomic E-state index is 13.6. The number of aromatic nitrogens is 3. The average molecular weight is 538 g/mol. The predicted octanol–water partition coefficient (Wildman–Crippen LogP) is 5.45. The summed E-state index contributed by atoms with van der Waals surface area (Å²) >= 11 is 6.04. The van der Waals surface area contributed by atoms with E-state index in [1.165, 1.54) is 19.8 Å². The lowest BCUT2D eigenvalue weighted by Crippen LogP contribution is -2.44. The van der Waals surface area contributed by atoms with Gasteiger partial charge in [0, 0.05) is 39.2 Å². The van der Waals surface area contributed by atoms with Gasteiger partial charge in [-0.1, -0.05) is 24.1 Å². The lowest BCUT2D eigenvalue weighted by atomic mass is 9.75. The Hall–Kier alpha value is -2.97. The van der Waals surface area contributed by atoms with Gasteiger partial charge in [-0.3, -0.25) is 14.2 Å². The Bertz CT molecular complexity index is 1420. The monoisotopic (exact) mass is 537 g/mol. The molecule has 1 spiro atoms. The van der Waals surface area contributed by atoms with Crippen molar-refractivity contribution >= 4 is 39.9 Å². The van der Waals surface area contributed by atoms with Crippen LogP contribution in [0, 0.1) is 12.3 Å². The molecule has 38 heavy (non-hydrogen) atoms. The Morgan fingerprint density at radius 1 is 1.16 bits per heavy atom. The summed E-state index contributed by atoms with van der Waals surface area (Å²) in [6.45, 7) is 8.85. The molecule has 3 aromatic rings. The molecule has 0 aliphatic carbocycles. The van der Waals surface area contributed by atoms with Gasteiger partial charge in [-0.05, 0) is 68.7 Å². The molecule has 1 atom stereocenters. The number of carbonyl (C=O) groups is 1. The highest BCUT2D eigenvalue weighted by Crippen LogP contribution is 2.39. The third-order valence-corrected chi connectivity index (χ3v) is 8.34. The number of ketones is 1. The van der Waals surface area contributed by atoms with Crippen LogP contribution in [0.3, 0.4) is 0 Å². The maximum atomic E-state index is 13.6. The zero-order valence-corrected chi connectivity index (χ0v) is 23.4. The molecule has 0 saturated carbocycles. The molecule has 9 heteroatoms. The highest BCUT2D eigenvalue weighted by molar-refractivity contribution is 6.29. The molecule has 8 nitrogen and oxygen atoms in total. The zero-order valence-electron chi connectivity index (χ0n) is 22.6. The second-order valence-corrected chi connectivity index (χ2v) is 11.4. The second-order valence-electron chi connectivity index (χ2n) is 11.0. The number of benzene rings is 1. The smallest absolute Gasteiger partial charge is 0.262 e. The van der Waals surface area contributed by atoms with Crippen LogP contribution in [0.2, 0.25) is 5.15 Å². The lowest BCUT2D eigenvalue weighted by molar-refractivity contribution is 0.0435. The van der Waals surface area contributed by atoms with Gasteiger partial charge in [0.15, 0.2) is 5.78 Å². The van der Waals surface area contributed by atoms with Crippen molar-refractivity contribution in [3.8, 4) is 0 Å². The molecule has 1 unspecified atom stereocenters. The van der Waals surface area contributed by atoms with Crippen LogP contribution < -0.4 is 15.8 Å². The molecule has 0 bridgehead atoms. The van der Waals surface area contributed by atoms with Crippen LogP contribution in [0.15, 0.2) is 29.1 Å². The van der Waals surface area contributed by atoms with Crippen LogP contribution in [0.1, 0.15) is 73.6 Å². The third-order valence-electron chi connectivity index (χ3n) is 8.12. The van der Waals surface area contributed by atoms with Crippen molar-refractivity contribution in [3.63, 3.8) is 0 Å². The van der Waals surface area contributed by atoms with Crippen molar-refractivity contribution in [2.45, 2.75) is 58.9 Å². The van der Waals surface area contributed by atoms with E-state index in [-0.39, 0.29) is 33.6 Å². The fourth-order valence-electron chi connectivity index (χ4n) is 5.93. The predicted molar refractivity (Wildman–Crippen MR) is 152 cm³/mol. The molecule has 2 aliphatic heterocycles. The van der Waals surface area contributed by atoms with Gasteiger partial charge in [0.2, 0.25) is 5.95 Å². The van der Waals surface area contributed by atoms with Crippen LogP contribution >= 0.6 is 11.6 Å². The van der Waals surface area contributed by atoms with Gasteiger partial charge in [0.1, 0.15) is 10.8 Å². The number of rotatable bonds is 5. The first-order chi connectivity index (χ1) is 18.2. The number of carbonyl (C=O) groups excluding carboxylic acids is 1. The average Bonchev–Trinajstić information content (AvgIpc) is 3.13. The number of halogens is 1. The molecule has 0 amide bonds. The fraction of sp³-hybridized carbons (Fsp3) is 0.517. The molecule has 1 N–H and O–H groups in total. The normalized spacial score (nSPS) is 18.4. The van der Waals surface area contributed by atoms with Crippen molar-refractivity contribution < 1.29 is 9.53 Å². The highest BCUT2D eigenvalue weighted by atomic mass is 35.5. The maximum Gasteiger partial charge on any atom is 0.262 e. The molecular formula is C29H36ClN5O3. The van der Waals surface area contributed by atoms with E-state index in [2.05, 4.69) is 21.3 Å². The van der Waals surface area contributed by atoms with E-state index >= 15 is 0 Å². The largest absolute Gasteiger partial charge is 0.381 e. The Balaban J connectivity index is 1.50. The molecule has 5 rings (SSSR count). The molecule has 1 aromatic carbocycles. The van der Waals surface area contributed by atoms with E-state index in [0.717, 1.165) is 56.7 Å². The summed E-state index contributed by atoms with van der Waals surface area (Å²) in [5, 5.41) is 4.27. The van der Waals surface area contributed by atoms with E-state index in [1.54, 1.807) is 16.7 Å². The van der Waals surface area contributed by atoms with E-state index in [1.807, 2.05) is 27.0 Å². The lowest BCUT2D eigenvalue weighted by Gasteiger charge is -2.41. The SMILES string of the molecule is CC(=O)c1nc(Cl)ccc1NC(C)c1cc(C)cc2c(=O)n(C)c(N3CCC4(CCCCOC4)CC3)nc12. The topological polar surface area (TPSA) is 89.4 Å². The third kappa shape index (κ3) is 5.16. The summed E-state index contributed by atoms with van der Waals surface area (Å²) in [7, 11) is 1.81. The first-order valence-electron chi connectivity index (χ1n) is 13.5. The number of nitrogens with zero attached hydrogens (tertiary/aromatic N) is 4. The number of hydrogen-bond donors (Lipinski definition) is 1. The number of hydrogen-bond acceptors (Lipinski definition) is 7. The Labute approximate surface area is 228 Å². The number of Topliss-reactive ketones (excluding diaryl/α,β-unsaturated/α-hetero) is 1. The summed E-state index contributed by atoms with van der Waals surface area (Å²) in [5.41, 5.74) is 3.62. The second kappa shape index (κ2) is 10.7. The highest BCUT2D eigenvalue weighted by Gasteiger charge is 2.36. The fourth-order valence-corrected chi connectivity index (χ4v) is 6.07. The molecular weight excluding hydrogens is 502 g/mol. The summed E-state index contributed by atoms with van der Waals surface area (Å²) in [4.78, 5) is 37.3. The van der Waals surface area contributed by atoms with Crippen molar-refractivity contribution in [2.75, 3.05) is 36.5 Å². The Morgan fingerprint density at radius 2 is 1.92 bits per heavy atom. The number of aryl methyl sites for hydroxylation is 1. The first-order valence-corrected chi connectivity index (χ1v) is 13.8. The zero-order chi connectivity index (χ0) is 27.0. The molecule has 202 valence electrons. The quantitative estimate of drug-likeness (QED) is 0.342. The van der Waals surface area contributed by atoms with Crippen molar-refractivity contribution in [2.24, 2.45) is 12.5 Å². The molecule has 4 heterocycles. The van der Waals surface area contributed by atoms with Gasteiger partial charge < -0.3 is 15.0 Å². The van der Waals surface area contributed by atoms with E-state index in [0.29, 0.717) is 22.5 Å². The van der Waals surface area contributed by atoms with Crippen molar-refractivity contribution in [1.29, 1.82) is 0 Å². The van der Waals surface area contributed by atoms with E-state index in [9.17, 15) is 9.59 Å². The number of anilines is 2. The molecule has 2 aliphatic rings. The Morgan fingerprint density at radius 3 is 2.66 bits per heavy atom. The number of ether oxygens (including phenoxy) is 1. The van der Waals surface area contributed by atoms with Gasteiger partial charge in [0.25, 0.3) is 5.56 Å². The number of piperidine rings is 1. The van der Waals surface area contributed by atoms with Gasteiger partial charge >= 0.3 is 0 Å². The van der Waals surface area contributed by atoms with Crippen molar-refractivity contribution in [1.82, 2.24) is 14.5 Å². The minimum absolute atomic E-state index is 0.0576. The van der Waals surface area contributed by atoms with Crippen LogP contribution in [-0.2, 0) is 11.8 Å². The van der Waals surface area contributed by atoms with Crippen LogP contribution in [0.4, 0.5) is 11.6 Å². The van der Waals surface area contributed by atoms with Gasteiger partial charge in [-0.25, -0.2) is 9.97 Å². The summed E-state index contributed by atoms with van der Waals surface area (Å²) < 4.78 is 7.61. The molecule has 2 saturated heterocycles. The van der Waals surface area contributed by atoms with Crippen molar-refractivity contribution in [3.05, 3.63) is 56.6 Å². The standard InChI is InChI=1S/C29H36ClN5O3/c1-18-15-21(19(2)31-23-7-8-24(30)32-25(23)20(3)36)26-22(16-18)27(37)34(4)28(33-26)35-12-10-29(11-13-35)9-5-6-14-38-17-29/h7-8,15-16,19,31H,5-6,9-14,17H2,1-4H3. The van der Waals surface area contributed by atoms with E-state index < -0.39 is 0 Å². The summed E-state index contributed by atoms with van der Waals surface area (Å²) in [6.07, 6.45) is 5.64. The minimum Gasteiger partial charge on any atom is -0.381 e. The minimum atomic E-state index is -0.237. The van der Waals surface area contributed by atoms with E-state index in [4.69, 9.17) is 21.3 Å². The first kappa shape index (κ1) is 26.6. The van der Waals surface area contributed by atoms with Gasteiger partial charge in [0.05, 0.1) is 29.2 Å². The van der Waals surface area contributed by atoms with Crippen LogP contribution in [-0.4, -0.2) is 46.6 Å². The molecule has 2 aromatic heterocycles. The summed E-state index contributed by atoms with van der Waals surface area (Å²) in [6, 6.07) is 7.15. The number of pyridine rings is 1. The summed E-state index contributed by atoms with van der Waals surface area (Å²) in [5.74, 6) is 0.522. The molecule has 0 radical (unpaired) electrons. The van der Waals surface area contributed by atoms with Crippen LogP contribution in [0.25, 0.3) is 10.9 Å². The van der Waals surface area contributed by atoms with Crippen LogP contribution in [0.5, 0.6) is 0 Å². The number of nitrogens with one attached hydrogen (secondary N) is 1.